The molecule has 0 spiro atoms. The Morgan fingerprint density at radius 2 is 2.00 bits per heavy atom. The van der Waals surface area contributed by atoms with E-state index < -0.39 is 0 Å². The average molecular weight is 221 g/mol. The predicted molar refractivity (Wildman–Crippen MR) is 54.7 cm³/mol. The van der Waals surface area contributed by atoms with Crippen molar-refractivity contribution in [3.05, 3.63) is 23.8 Å². The number of alkyl carbamates (subject to hydrolysis) is 1. The summed E-state index contributed by atoms with van der Waals surface area (Å²) in [5.41, 5.74) is 0.919. The van der Waals surface area contributed by atoms with Crippen LogP contribution in [0.2, 0.25) is 0 Å². The Kier molecular flexibility index (Phi) is 2.09. The number of fused-ring (bicyclic) bond motifs is 1. The van der Waals surface area contributed by atoms with Gasteiger partial charge in [-0.1, -0.05) is 6.07 Å². The van der Waals surface area contributed by atoms with Crippen molar-refractivity contribution in [3.63, 3.8) is 0 Å². The number of nitrogens with one attached hydrogen (secondary N) is 1. The molecule has 16 heavy (non-hydrogen) atoms. The summed E-state index contributed by atoms with van der Waals surface area (Å²) >= 11 is 0. The average Bonchev–Trinajstić information content (AvgIpc) is 2.75. The molecular weight excluding hydrogens is 210 g/mol. The molecule has 0 saturated carbocycles. The first-order valence-electron chi connectivity index (χ1n) is 5.17. The Hall–Kier alpha value is -1.91. The number of cyclic esters (lactones) is 1. The number of amides is 1. The maximum atomic E-state index is 10.9. The molecule has 5 nitrogen and oxygen atoms in total. The Balaban J connectivity index is 1.88. The van der Waals surface area contributed by atoms with Gasteiger partial charge in [-0.05, 0) is 17.7 Å². The van der Waals surface area contributed by atoms with Crippen molar-refractivity contribution in [2.45, 2.75) is 6.10 Å². The first-order valence-corrected chi connectivity index (χ1v) is 5.17. The lowest BCUT2D eigenvalue weighted by molar-refractivity contribution is 0.140. The first-order chi connectivity index (χ1) is 7.83. The summed E-state index contributed by atoms with van der Waals surface area (Å²) < 4.78 is 16.0. The zero-order valence-electron chi connectivity index (χ0n) is 8.56. The van der Waals surface area contributed by atoms with E-state index in [0.717, 1.165) is 11.3 Å². The van der Waals surface area contributed by atoms with Crippen LogP contribution < -0.4 is 14.8 Å². The number of carbonyl (C=O) groups excluding carboxylic acids is 1. The van der Waals surface area contributed by atoms with E-state index in [-0.39, 0.29) is 12.2 Å². The molecule has 1 fully saturated rings. The molecule has 0 bridgehead atoms. The molecule has 2 heterocycles. The molecule has 1 unspecified atom stereocenters. The van der Waals surface area contributed by atoms with Crippen molar-refractivity contribution >= 4 is 6.09 Å². The number of benzene rings is 1. The minimum absolute atomic E-state index is 0.233. The van der Waals surface area contributed by atoms with E-state index in [0.29, 0.717) is 25.5 Å². The molecule has 2 aliphatic heterocycles. The van der Waals surface area contributed by atoms with E-state index >= 15 is 0 Å². The summed E-state index contributed by atoms with van der Waals surface area (Å²) in [6.07, 6.45) is -0.608. The third-order valence-corrected chi connectivity index (χ3v) is 2.62. The molecule has 1 amide bonds. The van der Waals surface area contributed by atoms with Gasteiger partial charge >= 0.3 is 6.09 Å². The molecule has 3 rings (SSSR count). The van der Waals surface area contributed by atoms with Gasteiger partial charge in [-0.3, -0.25) is 0 Å². The normalized spacial score (nSPS) is 22.5. The van der Waals surface area contributed by atoms with E-state index in [1.807, 2.05) is 18.2 Å². The van der Waals surface area contributed by atoms with Gasteiger partial charge in [0.2, 0.25) is 0 Å². The van der Waals surface area contributed by atoms with Gasteiger partial charge in [0, 0.05) is 0 Å². The van der Waals surface area contributed by atoms with Crippen molar-refractivity contribution in [1.29, 1.82) is 0 Å². The summed E-state index contributed by atoms with van der Waals surface area (Å²) in [5.74, 6) is 1.46. The molecule has 0 radical (unpaired) electrons. The van der Waals surface area contributed by atoms with Crippen LogP contribution in [-0.4, -0.2) is 25.9 Å². The van der Waals surface area contributed by atoms with E-state index in [1.165, 1.54) is 0 Å². The molecule has 5 heteroatoms. The van der Waals surface area contributed by atoms with Gasteiger partial charge in [0.25, 0.3) is 0 Å². The second kappa shape index (κ2) is 3.59. The summed E-state index contributed by atoms with van der Waals surface area (Å²) in [4.78, 5) is 10.9. The topological polar surface area (TPSA) is 56.8 Å². The van der Waals surface area contributed by atoms with Gasteiger partial charge in [-0.15, -0.1) is 0 Å². The lowest BCUT2D eigenvalue weighted by atomic mass is 10.1. The van der Waals surface area contributed by atoms with E-state index in [9.17, 15) is 4.79 Å². The van der Waals surface area contributed by atoms with Crippen LogP contribution in [0.15, 0.2) is 18.2 Å². The Bertz CT molecular complexity index is 432. The Morgan fingerprint density at radius 3 is 2.75 bits per heavy atom. The van der Waals surface area contributed by atoms with Crippen LogP contribution in [0, 0.1) is 0 Å². The summed E-state index contributed by atoms with van der Waals surface area (Å²) in [7, 11) is 0. The molecule has 1 saturated heterocycles. The second-order valence-corrected chi connectivity index (χ2v) is 3.68. The third-order valence-electron chi connectivity index (χ3n) is 2.62. The van der Waals surface area contributed by atoms with Gasteiger partial charge in [-0.25, -0.2) is 4.79 Å². The number of ether oxygens (including phenoxy) is 3. The highest BCUT2D eigenvalue weighted by atomic mass is 16.6. The van der Waals surface area contributed by atoms with Crippen LogP contribution in [0.5, 0.6) is 11.5 Å². The third kappa shape index (κ3) is 1.54. The monoisotopic (exact) mass is 221 g/mol. The van der Waals surface area contributed by atoms with Crippen LogP contribution in [0.1, 0.15) is 11.7 Å². The highest BCUT2D eigenvalue weighted by molar-refractivity contribution is 5.69. The van der Waals surface area contributed by atoms with Crippen LogP contribution in [0.4, 0.5) is 4.79 Å². The summed E-state index contributed by atoms with van der Waals surface area (Å²) in [5, 5.41) is 2.61. The maximum Gasteiger partial charge on any atom is 0.407 e. The van der Waals surface area contributed by atoms with Crippen molar-refractivity contribution in [2.24, 2.45) is 0 Å². The molecule has 1 N–H and O–H groups in total. The fourth-order valence-electron chi connectivity index (χ4n) is 1.83. The molecule has 1 aromatic rings. The summed E-state index contributed by atoms with van der Waals surface area (Å²) in [6, 6.07) is 5.59. The fourth-order valence-corrected chi connectivity index (χ4v) is 1.83. The molecule has 84 valence electrons. The van der Waals surface area contributed by atoms with Gasteiger partial charge in [0.15, 0.2) is 11.5 Å². The Labute approximate surface area is 92.3 Å². The number of rotatable bonds is 1. The smallest absolute Gasteiger partial charge is 0.407 e. The first kappa shape index (κ1) is 9.33. The molecule has 0 aromatic heterocycles. The number of carbonyl (C=O) groups is 1. The van der Waals surface area contributed by atoms with Crippen molar-refractivity contribution < 1.29 is 19.0 Å². The summed E-state index contributed by atoms with van der Waals surface area (Å²) in [6.45, 7) is 1.63. The minimum Gasteiger partial charge on any atom is -0.486 e. The van der Waals surface area contributed by atoms with Crippen molar-refractivity contribution in [1.82, 2.24) is 5.32 Å². The Morgan fingerprint density at radius 1 is 1.19 bits per heavy atom. The quantitative estimate of drug-likeness (QED) is 0.775. The van der Waals surface area contributed by atoms with E-state index in [4.69, 9.17) is 14.2 Å². The molecule has 1 aromatic carbocycles. The lowest BCUT2D eigenvalue weighted by Gasteiger charge is -2.19. The zero-order valence-corrected chi connectivity index (χ0v) is 8.56. The van der Waals surface area contributed by atoms with Crippen LogP contribution >= 0.6 is 0 Å². The molecule has 1 atom stereocenters. The molecular formula is C11H11NO4. The van der Waals surface area contributed by atoms with E-state index in [2.05, 4.69) is 5.32 Å². The standard InChI is InChI=1S/C11H11NO4/c13-11-12-6-10(16-11)7-1-2-8-9(5-7)15-4-3-14-8/h1-2,5,10H,3-4,6H2,(H,12,13). The van der Waals surface area contributed by atoms with E-state index in [1.54, 1.807) is 0 Å². The van der Waals surface area contributed by atoms with Gasteiger partial charge in [-0.2, -0.15) is 0 Å². The molecule has 2 aliphatic rings. The van der Waals surface area contributed by atoms with Crippen LogP contribution in [-0.2, 0) is 4.74 Å². The number of hydrogen-bond donors (Lipinski definition) is 1. The second-order valence-electron chi connectivity index (χ2n) is 3.68. The lowest BCUT2D eigenvalue weighted by Crippen LogP contribution is -2.16. The van der Waals surface area contributed by atoms with Gasteiger partial charge < -0.3 is 19.5 Å². The van der Waals surface area contributed by atoms with Crippen molar-refractivity contribution in [3.8, 4) is 11.5 Å². The largest absolute Gasteiger partial charge is 0.486 e. The maximum absolute atomic E-state index is 10.9. The predicted octanol–water partition coefficient (Wildman–Crippen LogP) is 1.24. The highest BCUT2D eigenvalue weighted by Gasteiger charge is 2.25. The minimum atomic E-state index is -0.375. The van der Waals surface area contributed by atoms with Crippen LogP contribution in [0.3, 0.4) is 0 Å². The van der Waals surface area contributed by atoms with Gasteiger partial charge in [0.05, 0.1) is 6.54 Å². The highest BCUT2D eigenvalue weighted by Crippen LogP contribution is 2.34. The molecule has 0 aliphatic carbocycles. The van der Waals surface area contributed by atoms with Crippen molar-refractivity contribution in [2.75, 3.05) is 19.8 Å². The zero-order chi connectivity index (χ0) is 11.0. The van der Waals surface area contributed by atoms with Gasteiger partial charge in [0.1, 0.15) is 19.3 Å². The fraction of sp³-hybridized carbons (Fsp3) is 0.364. The van der Waals surface area contributed by atoms with Crippen LogP contribution in [0.25, 0.3) is 0 Å². The number of hydrogen-bond acceptors (Lipinski definition) is 4. The SMILES string of the molecule is O=C1NCC(c2ccc3c(c2)OCCO3)O1.